The minimum absolute atomic E-state index is 0.555. The molecule has 1 unspecified atom stereocenters. The van der Waals surface area contributed by atoms with E-state index in [4.69, 9.17) is 14.7 Å². The number of unbranched alkanes of at least 4 members (excludes halogenated alkanes) is 8. The van der Waals surface area contributed by atoms with Gasteiger partial charge in [-0.25, -0.2) is 0 Å². The summed E-state index contributed by atoms with van der Waals surface area (Å²) in [4.78, 5) is 0. The molecule has 0 aromatic carbocycles. The summed E-state index contributed by atoms with van der Waals surface area (Å²) in [5, 5.41) is 8.43. The van der Waals surface area contributed by atoms with Crippen LogP contribution in [0.3, 0.4) is 0 Å². The molecular weight excluding hydrogens is 262 g/mol. The minimum Gasteiger partial charge on any atom is -0.381 e. The predicted molar refractivity (Wildman–Crippen MR) is 86.2 cm³/mol. The summed E-state index contributed by atoms with van der Waals surface area (Å²) in [5.74, 6) is 0. The summed E-state index contributed by atoms with van der Waals surface area (Å²) < 4.78 is 11.3. The van der Waals surface area contributed by atoms with E-state index in [9.17, 15) is 0 Å². The van der Waals surface area contributed by atoms with Gasteiger partial charge in [-0.2, -0.15) is 5.26 Å². The largest absolute Gasteiger partial charge is 0.381 e. The van der Waals surface area contributed by atoms with E-state index in [1.807, 2.05) is 0 Å². The van der Waals surface area contributed by atoms with Gasteiger partial charge in [-0.1, -0.05) is 38.5 Å². The SMILES string of the molecule is N#CCCCCCCCCOCCCCCC1CCCO1. The molecule has 0 aromatic rings. The smallest absolute Gasteiger partial charge is 0.0621 e. The third-order valence-electron chi connectivity index (χ3n) is 4.17. The Hall–Kier alpha value is -0.590. The Kier molecular flexibility index (Phi) is 12.6. The first-order valence-electron chi connectivity index (χ1n) is 9.00. The normalized spacial score (nSPS) is 18.0. The van der Waals surface area contributed by atoms with Crippen molar-refractivity contribution in [3.05, 3.63) is 0 Å². The first-order chi connectivity index (χ1) is 10.4. The van der Waals surface area contributed by atoms with Crippen LogP contribution in [0.2, 0.25) is 0 Å². The molecule has 0 bridgehead atoms. The Morgan fingerprint density at radius 2 is 1.57 bits per heavy atom. The van der Waals surface area contributed by atoms with E-state index in [1.165, 1.54) is 70.6 Å². The minimum atomic E-state index is 0.555. The molecule has 0 radical (unpaired) electrons. The van der Waals surface area contributed by atoms with Gasteiger partial charge in [0.2, 0.25) is 0 Å². The molecule has 122 valence electrons. The maximum atomic E-state index is 8.43. The van der Waals surface area contributed by atoms with Crippen molar-refractivity contribution >= 4 is 0 Å². The van der Waals surface area contributed by atoms with Gasteiger partial charge in [-0.05, 0) is 38.5 Å². The van der Waals surface area contributed by atoms with Crippen molar-refractivity contribution < 1.29 is 9.47 Å². The molecule has 0 saturated carbocycles. The van der Waals surface area contributed by atoms with Crippen LogP contribution < -0.4 is 0 Å². The van der Waals surface area contributed by atoms with E-state index in [0.717, 1.165) is 32.7 Å². The van der Waals surface area contributed by atoms with Crippen molar-refractivity contribution in [3.63, 3.8) is 0 Å². The van der Waals surface area contributed by atoms with Crippen molar-refractivity contribution in [1.29, 1.82) is 5.26 Å². The molecule has 0 aromatic heterocycles. The number of ether oxygens (including phenoxy) is 2. The predicted octanol–water partition coefficient (Wildman–Crippen LogP) is 5.00. The molecule has 0 aliphatic carbocycles. The number of hydrogen-bond acceptors (Lipinski definition) is 3. The third-order valence-corrected chi connectivity index (χ3v) is 4.17. The number of hydrogen-bond donors (Lipinski definition) is 0. The van der Waals surface area contributed by atoms with E-state index in [-0.39, 0.29) is 0 Å². The first-order valence-corrected chi connectivity index (χ1v) is 9.00. The topological polar surface area (TPSA) is 42.2 Å². The lowest BCUT2D eigenvalue weighted by molar-refractivity contribution is 0.0985. The van der Waals surface area contributed by atoms with Crippen LogP contribution >= 0.6 is 0 Å². The van der Waals surface area contributed by atoms with Gasteiger partial charge in [0.05, 0.1) is 12.2 Å². The zero-order valence-electron chi connectivity index (χ0n) is 13.7. The fourth-order valence-electron chi connectivity index (χ4n) is 2.84. The van der Waals surface area contributed by atoms with E-state index in [1.54, 1.807) is 0 Å². The average Bonchev–Trinajstić information content (AvgIpc) is 3.01. The zero-order valence-corrected chi connectivity index (χ0v) is 13.7. The van der Waals surface area contributed by atoms with Gasteiger partial charge in [0.1, 0.15) is 0 Å². The van der Waals surface area contributed by atoms with Gasteiger partial charge < -0.3 is 9.47 Å². The molecule has 3 heteroatoms. The van der Waals surface area contributed by atoms with Gasteiger partial charge in [0.15, 0.2) is 0 Å². The van der Waals surface area contributed by atoms with Gasteiger partial charge >= 0.3 is 0 Å². The number of rotatable bonds is 14. The Morgan fingerprint density at radius 3 is 2.24 bits per heavy atom. The first kappa shape index (κ1) is 18.5. The second kappa shape index (κ2) is 14.4. The van der Waals surface area contributed by atoms with Crippen molar-refractivity contribution in [2.24, 2.45) is 0 Å². The Bertz CT molecular complexity index is 256. The van der Waals surface area contributed by atoms with Crippen LogP contribution in [0.5, 0.6) is 0 Å². The van der Waals surface area contributed by atoms with Crippen LogP contribution in [0, 0.1) is 11.3 Å². The molecule has 21 heavy (non-hydrogen) atoms. The van der Waals surface area contributed by atoms with E-state index in [0.29, 0.717) is 6.10 Å². The second-order valence-corrected chi connectivity index (χ2v) is 6.13. The summed E-state index contributed by atoms with van der Waals surface area (Å²) in [5.41, 5.74) is 0. The Labute approximate surface area is 131 Å². The fraction of sp³-hybridized carbons (Fsp3) is 0.944. The molecule has 0 amide bonds. The van der Waals surface area contributed by atoms with Gasteiger partial charge in [0.25, 0.3) is 0 Å². The van der Waals surface area contributed by atoms with Crippen LogP contribution in [0.25, 0.3) is 0 Å². The molecule has 3 nitrogen and oxygen atoms in total. The van der Waals surface area contributed by atoms with Gasteiger partial charge in [0, 0.05) is 26.2 Å². The molecule has 1 atom stereocenters. The summed E-state index contributed by atoms with van der Waals surface area (Å²) >= 11 is 0. The van der Waals surface area contributed by atoms with Crippen molar-refractivity contribution in [3.8, 4) is 6.07 Å². The lowest BCUT2D eigenvalue weighted by Crippen LogP contribution is -2.04. The zero-order chi connectivity index (χ0) is 15.0. The van der Waals surface area contributed by atoms with Crippen LogP contribution in [-0.2, 0) is 9.47 Å². The molecule has 1 fully saturated rings. The number of nitriles is 1. The highest BCUT2D eigenvalue weighted by Gasteiger charge is 2.14. The average molecular weight is 295 g/mol. The fourth-order valence-corrected chi connectivity index (χ4v) is 2.84. The van der Waals surface area contributed by atoms with Gasteiger partial charge in [-0.3, -0.25) is 0 Å². The third kappa shape index (κ3) is 11.7. The van der Waals surface area contributed by atoms with Gasteiger partial charge in [-0.15, -0.1) is 0 Å². The molecule has 1 rings (SSSR count). The van der Waals surface area contributed by atoms with Crippen LogP contribution in [0.1, 0.15) is 83.5 Å². The summed E-state index contributed by atoms with van der Waals surface area (Å²) in [6.45, 7) is 2.82. The molecule has 1 saturated heterocycles. The molecule has 0 N–H and O–H groups in total. The highest BCUT2D eigenvalue weighted by atomic mass is 16.5. The highest BCUT2D eigenvalue weighted by molar-refractivity contribution is 4.67. The Morgan fingerprint density at radius 1 is 0.905 bits per heavy atom. The second-order valence-electron chi connectivity index (χ2n) is 6.13. The summed E-state index contributed by atoms with van der Waals surface area (Å²) in [6, 6.07) is 2.20. The van der Waals surface area contributed by atoms with Crippen molar-refractivity contribution in [2.45, 2.75) is 89.6 Å². The highest BCUT2D eigenvalue weighted by Crippen LogP contribution is 2.18. The standard InChI is InChI=1S/C18H33NO2/c19-14-8-4-2-1-3-5-9-15-20-16-10-6-7-12-18-13-11-17-21-18/h18H,1-13,15-17H2. The monoisotopic (exact) mass is 295 g/mol. The molecule has 1 heterocycles. The lowest BCUT2D eigenvalue weighted by Gasteiger charge is -2.08. The summed E-state index contributed by atoms with van der Waals surface area (Å²) in [6.07, 6.45) is 16.1. The van der Waals surface area contributed by atoms with E-state index >= 15 is 0 Å². The quantitative estimate of drug-likeness (QED) is 0.424. The molecule has 1 aliphatic rings. The molecule has 1 aliphatic heterocycles. The maximum Gasteiger partial charge on any atom is 0.0621 e. The van der Waals surface area contributed by atoms with Crippen molar-refractivity contribution in [2.75, 3.05) is 19.8 Å². The van der Waals surface area contributed by atoms with Crippen LogP contribution in [0.4, 0.5) is 0 Å². The maximum absolute atomic E-state index is 8.43. The van der Waals surface area contributed by atoms with E-state index in [2.05, 4.69) is 6.07 Å². The Balaban J connectivity index is 1.66. The summed E-state index contributed by atoms with van der Waals surface area (Å²) in [7, 11) is 0. The van der Waals surface area contributed by atoms with Crippen LogP contribution in [-0.4, -0.2) is 25.9 Å². The van der Waals surface area contributed by atoms with Crippen LogP contribution in [0.15, 0.2) is 0 Å². The molecule has 0 spiro atoms. The van der Waals surface area contributed by atoms with Crippen molar-refractivity contribution in [1.82, 2.24) is 0 Å². The molecular formula is C18H33NO2. The lowest BCUT2D eigenvalue weighted by atomic mass is 10.1. The number of nitrogens with zero attached hydrogens (tertiary/aromatic N) is 1. The van der Waals surface area contributed by atoms with E-state index < -0.39 is 0 Å².